The van der Waals surface area contributed by atoms with Gasteiger partial charge in [0.25, 0.3) is 0 Å². The van der Waals surface area contributed by atoms with Crippen LogP contribution in [0.3, 0.4) is 0 Å². The normalized spacial score (nSPS) is 14.9. The van der Waals surface area contributed by atoms with Crippen LogP contribution in [0.25, 0.3) is 0 Å². The molecule has 3 N–H and O–H groups in total. The van der Waals surface area contributed by atoms with Gasteiger partial charge in [0.2, 0.25) is 5.91 Å². The van der Waals surface area contributed by atoms with Crippen LogP contribution in [0.1, 0.15) is 27.2 Å². The molecule has 0 aliphatic carbocycles. The lowest BCUT2D eigenvalue weighted by molar-refractivity contribution is -0.121. The minimum absolute atomic E-state index is 0.0482. The number of carbonyl (C=O) groups is 1. The van der Waals surface area contributed by atoms with E-state index in [4.69, 9.17) is 0 Å². The van der Waals surface area contributed by atoms with Gasteiger partial charge in [-0.25, -0.2) is 0 Å². The average molecular weight is 248 g/mol. The Bertz CT molecular complexity index is 208. The number of hydrogen-bond donors (Lipinski definition) is 3. The van der Waals surface area contributed by atoms with Crippen molar-refractivity contribution in [1.29, 1.82) is 0 Å². The lowest BCUT2D eigenvalue weighted by Crippen LogP contribution is -2.41. The van der Waals surface area contributed by atoms with Crippen molar-refractivity contribution in [3.05, 3.63) is 0 Å². The van der Waals surface area contributed by atoms with E-state index in [9.17, 15) is 9.90 Å². The third-order valence-corrected chi connectivity index (χ3v) is 2.85. The molecule has 1 atom stereocenters. The summed E-state index contributed by atoms with van der Waals surface area (Å²) in [6, 6.07) is 0.187. The zero-order valence-corrected chi connectivity index (χ0v) is 11.5. The van der Waals surface area contributed by atoms with Crippen LogP contribution < -0.4 is 10.6 Å². The van der Waals surface area contributed by atoms with Crippen LogP contribution in [0.4, 0.5) is 0 Å². The number of carbonyl (C=O) groups excluding carboxylic acids is 1. The van der Waals surface area contributed by atoms with Crippen LogP contribution in [0.5, 0.6) is 0 Å². The average Bonchev–Trinajstić information content (AvgIpc) is 2.11. The Balaban J connectivity index is 3.56. The SMILES string of the molecule is CSCC(C)(O)CNCCC(=O)NC(C)C. The van der Waals surface area contributed by atoms with Crippen LogP contribution in [0.2, 0.25) is 0 Å². The topological polar surface area (TPSA) is 61.4 Å². The molecule has 0 fully saturated rings. The van der Waals surface area contributed by atoms with Crippen molar-refractivity contribution in [1.82, 2.24) is 10.6 Å². The van der Waals surface area contributed by atoms with Crippen molar-refractivity contribution in [2.24, 2.45) is 0 Å². The number of hydrogen-bond acceptors (Lipinski definition) is 4. The van der Waals surface area contributed by atoms with Crippen molar-refractivity contribution in [3.63, 3.8) is 0 Å². The van der Waals surface area contributed by atoms with E-state index in [1.54, 1.807) is 18.7 Å². The second-order valence-corrected chi connectivity index (χ2v) is 5.44. The Morgan fingerprint density at radius 1 is 1.50 bits per heavy atom. The van der Waals surface area contributed by atoms with Crippen molar-refractivity contribution in [2.75, 3.05) is 25.1 Å². The van der Waals surface area contributed by atoms with Gasteiger partial charge in [0.1, 0.15) is 0 Å². The zero-order valence-electron chi connectivity index (χ0n) is 10.7. The highest BCUT2D eigenvalue weighted by atomic mass is 32.2. The standard InChI is InChI=1S/C11H24N2O2S/c1-9(2)13-10(14)5-6-12-7-11(3,15)8-16-4/h9,12,15H,5-8H2,1-4H3,(H,13,14). The Morgan fingerprint density at radius 2 is 2.12 bits per heavy atom. The van der Waals surface area contributed by atoms with Gasteiger partial charge in [-0.15, -0.1) is 0 Å². The van der Waals surface area contributed by atoms with Gasteiger partial charge < -0.3 is 15.7 Å². The summed E-state index contributed by atoms with van der Waals surface area (Å²) >= 11 is 1.61. The molecule has 0 heterocycles. The molecule has 0 aromatic carbocycles. The first-order chi connectivity index (χ1) is 7.37. The molecular formula is C11H24N2O2S. The molecular weight excluding hydrogens is 224 g/mol. The van der Waals surface area contributed by atoms with Gasteiger partial charge in [0.15, 0.2) is 0 Å². The van der Waals surface area contributed by atoms with E-state index in [0.717, 1.165) is 0 Å². The van der Waals surface area contributed by atoms with E-state index < -0.39 is 5.60 Å². The predicted molar refractivity (Wildman–Crippen MR) is 69.8 cm³/mol. The van der Waals surface area contributed by atoms with Gasteiger partial charge in [-0.2, -0.15) is 11.8 Å². The molecule has 0 saturated carbocycles. The van der Waals surface area contributed by atoms with Crippen molar-refractivity contribution in [2.45, 2.75) is 38.8 Å². The first-order valence-electron chi connectivity index (χ1n) is 5.59. The molecule has 0 aromatic rings. The lowest BCUT2D eigenvalue weighted by atomic mass is 10.1. The van der Waals surface area contributed by atoms with Crippen LogP contribution in [0, 0.1) is 0 Å². The van der Waals surface area contributed by atoms with Crippen LogP contribution >= 0.6 is 11.8 Å². The third-order valence-electron chi connectivity index (χ3n) is 1.94. The quantitative estimate of drug-likeness (QED) is 0.551. The summed E-state index contributed by atoms with van der Waals surface area (Å²) in [5.41, 5.74) is -0.700. The fourth-order valence-corrected chi connectivity index (χ4v) is 2.04. The Labute approximate surface area is 103 Å². The molecule has 96 valence electrons. The van der Waals surface area contributed by atoms with E-state index in [-0.39, 0.29) is 11.9 Å². The fraction of sp³-hybridized carbons (Fsp3) is 0.909. The van der Waals surface area contributed by atoms with Crippen molar-refractivity contribution < 1.29 is 9.90 Å². The summed E-state index contributed by atoms with van der Waals surface area (Å²) in [6.07, 6.45) is 2.41. The smallest absolute Gasteiger partial charge is 0.221 e. The third kappa shape index (κ3) is 9.00. The summed E-state index contributed by atoms with van der Waals surface area (Å²) in [7, 11) is 0. The van der Waals surface area contributed by atoms with E-state index in [1.807, 2.05) is 20.1 Å². The van der Waals surface area contributed by atoms with Gasteiger partial charge in [-0.3, -0.25) is 4.79 Å². The maximum absolute atomic E-state index is 11.3. The molecule has 16 heavy (non-hydrogen) atoms. The highest BCUT2D eigenvalue weighted by molar-refractivity contribution is 7.98. The van der Waals surface area contributed by atoms with E-state index in [0.29, 0.717) is 25.3 Å². The molecule has 0 bridgehead atoms. The van der Waals surface area contributed by atoms with E-state index in [1.165, 1.54) is 0 Å². The Morgan fingerprint density at radius 3 is 2.62 bits per heavy atom. The summed E-state index contributed by atoms with van der Waals surface area (Å²) in [4.78, 5) is 11.3. The lowest BCUT2D eigenvalue weighted by Gasteiger charge is -2.22. The van der Waals surface area contributed by atoms with Crippen LogP contribution in [-0.4, -0.2) is 47.8 Å². The molecule has 1 amide bonds. The van der Waals surface area contributed by atoms with Gasteiger partial charge >= 0.3 is 0 Å². The number of aliphatic hydroxyl groups is 1. The van der Waals surface area contributed by atoms with Gasteiger partial charge in [0, 0.05) is 31.3 Å². The molecule has 0 radical (unpaired) electrons. The second-order valence-electron chi connectivity index (χ2n) is 4.58. The van der Waals surface area contributed by atoms with Crippen LogP contribution in [-0.2, 0) is 4.79 Å². The molecule has 4 nitrogen and oxygen atoms in total. The molecule has 5 heteroatoms. The molecule has 0 saturated heterocycles. The molecule has 1 unspecified atom stereocenters. The largest absolute Gasteiger partial charge is 0.388 e. The number of rotatable bonds is 8. The Hall–Kier alpha value is -0.260. The van der Waals surface area contributed by atoms with E-state index >= 15 is 0 Å². The highest BCUT2D eigenvalue weighted by Gasteiger charge is 2.18. The molecule has 0 spiro atoms. The van der Waals surface area contributed by atoms with Gasteiger partial charge in [-0.1, -0.05) is 0 Å². The molecule has 0 aromatic heterocycles. The van der Waals surface area contributed by atoms with Gasteiger partial charge in [-0.05, 0) is 27.0 Å². The summed E-state index contributed by atoms with van der Waals surface area (Å²) in [5.74, 6) is 0.741. The number of thioether (sulfide) groups is 1. The maximum atomic E-state index is 11.3. The first kappa shape index (κ1) is 15.7. The van der Waals surface area contributed by atoms with E-state index in [2.05, 4.69) is 10.6 Å². The van der Waals surface area contributed by atoms with Crippen molar-refractivity contribution >= 4 is 17.7 Å². The van der Waals surface area contributed by atoms with Gasteiger partial charge in [0.05, 0.1) is 5.60 Å². The molecule has 0 aliphatic heterocycles. The molecule has 0 aliphatic rings. The molecule has 0 rings (SSSR count). The monoisotopic (exact) mass is 248 g/mol. The Kier molecular flexibility index (Phi) is 7.80. The summed E-state index contributed by atoms with van der Waals surface area (Å²) in [5, 5.41) is 15.8. The number of nitrogens with one attached hydrogen (secondary N) is 2. The summed E-state index contributed by atoms with van der Waals surface area (Å²) < 4.78 is 0. The van der Waals surface area contributed by atoms with Crippen LogP contribution in [0.15, 0.2) is 0 Å². The first-order valence-corrected chi connectivity index (χ1v) is 6.98. The minimum atomic E-state index is -0.700. The summed E-state index contributed by atoms with van der Waals surface area (Å²) in [6.45, 7) is 6.79. The maximum Gasteiger partial charge on any atom is 0.221 e. The highest BCUT2D eigenvalue weighted by Crippen LogP contribution is 2.08. The predicted octanol–water partition coefficient (Wildman–Crippen LogP) is 0.605. The minimum Gasteiger partial charge on any atom is -0.388 e. The zero-order chi connectivity index (χ0) is 12.6. The fourth-order valence-electron chi connectivity index (χ4n) is 1.32. The second kappa shape index (κ2) is 7.92. The number of amides is 1. The van der Waals surface area contributed by atoms with Crippen molar-refractivity contribution in [3.8, 4) is 0 Å².